The highest BCUT2D eigenvalue weighted by Gasteiger charge is 2.28. The van der Waals surface area contributed by atoms with E-state index in [9.17, 15) is 4.79 Å². The molecule has 1 saturated heterocycles. The Bertz CT molecular complexity index is 201. The van der Waals surface area contributed by atoms with E-state index in [0.29, 0.717) is 18.9 Å². The summed E-state index contributed by atoms with van der Waals surface area (Å²) in [5.74, 6) is 0.445. The van der Waals surface area contributed by atoms with E-state index in [-0.39, 0.29) is 11.5 Å². The van der Waals surface area contributed by atoms with Crippen molar-refractivity contribution in [2.45, 2.75) is 45.6 Å². The van der Waals surface area contributed by atoms with Gasteiger partial charge in [-0.3, -0.25) is 4.79 Å². The maximum atomic E-state index is 11.3. The fourth-order valence-electron chi connectivity index (χ4n) is 2.14. The van der Waals surface area contributed by atoms with Crippen LogP contribution in [0.2, 0.25) is 0 Å². The molecular weight excluding hydrogens is 178 g/mol. The van der Waals surface area contributed by atoms with Crippen molar-refractivity contribution in [1.29, 1.82) is 0 Å². The molecule has 1 rings (SSSR count). The number of rotatable bonds is 3. The molecule has 0 aromatic heterocycles. The maximum Gasteiger partial charge on any atom is 0.306 e. The third-order valence-electron chi connectivity index (χ3n) is 2.72. The summed E-state index contributed by atoms with van der Waals surface area (Å²) in [5, 5.41) is 3.44. The number of carbonyl (C=O) groups excluding carboxylic acids is 1. The van der Waals surface area contributed by atoms with Crippen LogP contribution < -0.4 is 5.32 Å². The van der Waals surface area contributed by atoms with Crippen molar-refractivity contribution in [3.05, 3.63) is 0 Å². The van der Waals surface area contributed by atoms with Crippen molar-refractivity contribution in [1.82, 2.24) is 5.32 Å². The van der Waals surface area contributed by atoms with Crippen LogP contribution in [0.3, 0.4) is 0 Å². The van der Waals surface area contributed by atoms with Crippen LogP contribution in [0.1, 0.15) is 40.0 Å². The van der Waals surface area contributed by atoms with Crippen molar-refractivity contribution in [2.24, 2.45) is 5.92 Å². The molecule has 0 saturated carbocycles. The van der Waals surface area contributed by atoms with Gasteiger partial charge in [0.05, 0.1) is 6.61 Å². The second-order valence-electron chi connectivity index (χ2n) is 4.68. The number of hydrogen-bond donors (Lipinski definition) is 1. The highest BCUT2D eigenvalue weighted by Crippen LogP contribution is 2.26. The first-order valence-corrected chi connectivity index (χ1v) is 5.44. The molecule has 1 heterocycles. The number of carbonyl (C=O) groups is 1. The first-order chi connectivity index (χ1) is 6.53. The molecule has 0 spiro atoms. The molecule has 1 N–H and O–H groups in total. The van der Waals surface area contributed by atoms with E-state index in [2.05, 4.69) is 19.2 Å². The Morgan fingerprint density at radius 2 is 2.29 bits per heavy atom. The fraction of sp³-hybridized carbons (Fsp3) is 0.909. The van der Waals surface area contributed by atoms with Gasteiger partial charge in [-0.05, 0) is 46.1 Å². The zero-order chi connectivity index (χ0) is 10.6. The molecule has 1 atom stereocenters. The molecule has 0 aliphatic carbocycles. The lowest BCUT2D eigenvalue weighted by molar-refractivity contribution is -0.144. The minimum atomic E-state index is -0.0461. The lowest BCUT2D eigenvalue weighted by atomic mass is 9.83. The van der Waals surface area contributed by atoms with Crippen molar-refractivity contribution in [2.75, 3.05) is 13.2 Å². The third-order valence-corrected chi connectivity index (χ3v) is 2.72. The average Bonchev–Trinajstić information content (AvgIpc) is 2.02. The van der Waals surface area contributed by atoms with Crippen LogP contribution in [0.25, 0.3) is 0 Å². The van der Waals surface area contributed by atoms with Gasteiger partial charge in [-0.25, -0.2) is 0 Å². The Balaban J connectivity index is 2.34. The summed E-state index contributed by atoms with van der Waals surface area (Å²) in [6.45, 7) is 7.73. The first kappa shape index (κ1) is 11.5. The van der Waals surface area contributed by atoms with Crippen molar-refractivity contribution >= 4 is 5.97 Å². The summed E-state index contributed by atoms with van der Waals surface area (Å²) in [6, 6.07) is 0. The molecule has 3 heteroatoms. The van der Waals surface area contributed by atoms with Crippen LogP contribution in [0, 0.1) is 5.92 Å². The molecule has 0 radical (unpaired) electrons. The summed E-state index contributed by atoms with van der Waals surface area (Å²) in [4.78, 5) is 11.3. The number of piperidine rings is 1. The topological polar surface area (TPSA) is 38.3 Å². The van der Waals surface area contributed by atoms with Gasteiger partial charge in [0.15, 0.2) is 0 Å². The van der Waals surface area contributed by atoms with E-state index in [1.54, 1.807) is 0 Å². The van der Waals surface area contributed by atoms with Crippen LogP contribution in [-0.4, -0.2) is 24.7 Å². The lowest BCUT2D eigenvalue weighted by Crippen LogP contribution is -2.46. The number of esters is 1. The smallest absolute Gasteiger partial charge is 0.306 e. The van der Waals surface area contributed by atoms with E-state index in [1.807, 2.05) is 6.92 Å². The second kappa shape index (κ2) is 4.78. The average molecular weight is 199 g/mol. The summed E-state index contributed by atoms with van der Waals surface area (Å²) in [6.07, 6.45) is 2.73. The molecule has 14 heavy (non-hydrogen) atoms. The predicted octanol–water partition coefficient (Wildman–Crippen LogP) is 1.72. The number of hydrogen-bond acceptors (Lipinski definition) is 3. The quantitative estimate of drug-likeness (QED) is 0.703. The van der Waals surface area contributed by atoms with Gasteiger partial charge in [-0.15, -0.1) is 0 Å². The van der Waals surface area contributed by atoms with Crippen molar-refractivity contribution in [3.8, 4) is 0 Å². The van der Waals surface area contributed by atoms with E-state index in [1.165, 1.54) is 0 Å². The SMILES string of the molecule is CCOC(=O)C[C@H]1CCNC(C)(C)C1. The van der Waals surface area contributed by atoms with Gasteiger partial charge in [0, 0.05) is 12.0 Å². The van der Waals surface area contributed by atoms with Crippen LogP contribution in [0.15, 0.2) is 0 Å². The van der Waals surface area contributed by atoms with Crippen molar-refractivity contribution < 1.29 is 9.53 Å². The normalized spacial score (nSPS) is 25.8. The molecule has 1 aliphatic heterocycles. The van der Waals surface area contributed by atoms with Crippen LogP contribution in [0.4, 0.5) is 0 Å². The van der Waals surface area contributed by atoms with E-state index in [4.69, 9.17) is 4.74 Å². The zero-order valence-corrected chi connectivity index (χ0v) is 9.43. The molecule has 82 valence electrons. The van der Waals surface area contributed by atoms with E-state index < -0.39 is 0 Å². The predicted molar refractivity (Wildman–Crippen MR) is 56.1 cm³/mol. The van der Waals surface area contributed by atoms with Gasteiger partial charge in [0.25, 0.3) is 0 Å². The lowest BCUT2D eigenvalue weighted by Gasteiger charge is -2.36. The van der Waals surface area contributed by atoms with Gasteiger partial charge in [-0.1, -0.05) is 0 Å². The Morgan fingerprint density at radius 3 is 2.86 bits per heavy atom. The summed E-state index contributed by atoms with van der Waals surface area (Å²) >= 11 is 0. The molecular formula is C11H21NO2. The minimum absolute atomic E-state index is 0.0461. The zero-order valence-electron chi connectivity index (χ0n) is 9.43. The molecule has 0 unspecified atom stereocenters. The second-order valence-corrected chi connectivity index (χ2v) is 4.68. The van der Waals surface area contributed by atoms with Gasteiger partial charge >= 0.3 is 5.97 Å². The van der Waals surface area contributed by atoms with Crippen LogP contribution in [0.5, 0.6) is 0 Å². The number of nitrogens with one attached hydrogen (secondary N) is 1. The number of ether oxygens (including phenoxy) is 1. The van der Waals surface area contributed by atoms with Crippen LogP contribution >= 0.6 is 0 Å². The molecule has 1 fully saturated rings. The largest absolute Gasteiger partial charge is 0.466 e. The highest BCUT2D eigenvalue weighted by molar-refractivity contribution is 5.69. The molecule has 1 aliphatic rings. The van der Waals surface area contributed by atoms with Gasteiger partial charge < -0.3 is 10.1 Å². The summed E-state index contributed by atoms with van der Waals surface area (Å²) in [7, 11) is 0. The van der Waals surface area contributed by atoms with Gasteiger partial charge in [-0.2, -0.15) is 0 Å². The van der Waals surface area contributed by atoms with Gasteiger partial charge in [0.2, 0.25) is 0 Å². The molecule has 3 nitrogen and oxygen atoms in total. The standard InChI is InChI=1S/C11H21NO2/c1-4-14-10(13)7-9-5-6-12-11(2,3)8-9/h9,12H,4-8H2,1-3H3/t9-/m1/s1. The van der Waals surface area contributed by atoms with Crippen molar-refractivity contribution in [3.63, 3.8) is 0 Å². The first-order valence-electron chi connectivity index (χ1n) is 5.44. The molecule has 0 aromatic rings. The highest BCUT2D eigenvalue weighted by atomic mass is 16.5. The summed E-state index contributed by atoms with van der Waals surface area (Å²) < 4.78 is 4.95. The molecule has 0 aromatic carbocycles. The monoisotopic (exact) mass is 199 g/mol. The van der Waals surface area contributed by atoms with Crippen LogP contribution in [-0.2, 0) is 9.53 Å². The minimum Gasteiger partial charge on any atom is -0.466 e. The summed E-state index contributed by atoms with van der Waals surface area (Å²) in [5.41, 5.74) is 0.176. The van der Waals surface area contributed by atoms with Gasteiger partial charge in [0.1, 0.15) is 0 Å². The van der Waals surface area contributed by atoms with E-state index in [0.717, 1.165) is 19.4 Å². The molecule has 0 bridgehead atoms. The maximum absolute atomic E-state index is 11.3. The van der Waals surface area contributed by atoms with E-state index >= 15 is 0 Å². The fourth-order valence-corrected chi connectivity index (χ4v) is 2.14. The Kier molecular flexibility index (Phi) is 3.93. The third kappa shape index (κ3) is 3.66. The molecule has 0 amide bonds. The Labute approximate surface area is 86.2 Å². The Hall–Kier alpha value is -0.570. The Morgan fingerprint density at radius 1 is 1.57 bits per heavy atom.